The van der Waals surface area contributed by atoms with Crippen LogP contribution in [0, 0.1) is 0 Å². The summed E-state index contributed by atoms with van der Waals surface area (Å²) in [5, 5.41) is 0. The quantitative estimate of drug-likeness (QED) is 0.0261. The van der Waals surface area contributed by atoms with Gasteiger partial charge in [0.1, 0.15) is 13.2 Å². The normalized spacial score (nSPS) is 13.3. The van der Waals surface area contributed by atoms with Gasteiger partial charge < -0.3 is 14.2 Å². The van der Waals surface area contributed by atoms with E-state index >= 15 is 0 Å². The van der Waals surface area contributed by atoms with E-state index in [0.717, 1.165) is 109 Å². The lowest BCUT2D eigenvalue weighted by Gasteiger charge is -2.18. The van der Waals surface area contributed by atoms with E-state index in [9.17, 15) is 14.4 Å². The first kappa shape index (κ1) is 68.0. The highest BCUT2D eigenvalue weighted by molar-refractivity contribution is 5.72. The van der Waals surface area contributed by atoms with Gasteiger partial charge in [-0.15, -0.1) is 0 Å². The van der Waals surface area contributed by atoms with Crippen molar-refractivity contribution < 1.29 is 28.6 Å². The van der Waals surface area contributed by atoms with E-state index in [0.29, 0.717) is 19.3 Å². The largest absolute Gasteiger partial charge is 0.462 e. The van der Waals surface area contributed by atoms with E-state index in [4.69, 9.17) is 14.2 Å². The van der Waals surface area contributed by atoms with E-state index in [1.165, 1.54) is 64.2 Å². The molecule has 6 heteroatoms. The molecule has 0 aromatic carbocycles. The second-order valence-corrected chi connectivity index (χ2v) is 18.5. The molecule has 0 spiro atoms. The van der Waals surface area contributed by atoms with E-state index in [1.807, 2.05) is 6.08 Å². The molecular weight excluding hydrogens is 901 g/mol. The van der Waals surface area contributed by atoms with Crippen LogP contribution in [0.1, 0.15) is 226 Å². The van der Waals surface area contributed by atoms with Crippen molar-refractivity contribution in [3.63, 3.8) is 0 Å². The van der Waals surface area contributed by atoms with Gasteiger partial charge in [-0.1, -0.05) is 256 Å². The lowest BCUT2D eigenvalue weighted by atomic mass is 10.0. The molecule has 0 aliphatic rings. The summed E-state index contributed by atoms with van der Waals surface area (Å²) in [7, 11) is 0. The third-order valence-electron chi connectivity index (χ3n) is 11.6. The van der Waals surface area contributed by atoms with Gasteiger partial charge in [-0.25, -0.2) is 0 Å². The predicted octanol–water partition coefficient (Wildman–Crippen LogP) is 19.8. The first-order chi connectivity index (χ1) is 36.0. The monoisotopic (exact) mass is 1000 g/mol. The van der Waals surface area contributed by atoms with Gasteiger partial charge in [-0.3, -0.25) is 14.4 Å². The standard InChI is InChI=1S/C67H104O6/c1-4-7-10-13-16-19-22-25-27-28-29-30-31-32-33-34-35-36-37-38-40-42-45-48-51-54-57-60-66(69)72-63-64(62-71-65(68)59-56-53-50-47-44-41-24-21-18-15-12-9-6-3)73-67(70)61-58-55-52-49-46-43-39-26-23-20-17-14-11-8-5-2/h7-8,10-11,16-17,19-20,25-27,29-30,32-33,35-36,38-40,45-46,48-49,55,58,64H,4-6,9,12-15,18,21-24,28,31,34,37,41-44,47,50-54,56-57,59-63H2,1-3H3/b10-7-,11-8-,19-16-,20-17-,27-25-,30-29-,33-32-,36-35-,39-26-,40-38-,48-45-,49-46-,58-55-. The molecule has 0 fully saturated rings. The van der Waals surface area contributed by atoms with Crippen molar-refractivity contribution >= 4 is 17.9 Å². The van der Waals surface area contributed by atoms with E-state index in [-0.39, 0.29) is 38.0 Å². The van der Waals surface area contributed by atoms with Gasteiger partial charge in [-0.2, -0.15) is 0 Å². The van der Waals surface area contributed by atoms with Crippen molar-refractivity contribution in [3.05, 3.63) is 158 Å². The summed E-state index contributed by atoms with van der Waals surface area (Å²) in [6.07, 6.45) is 86.9. The summed E-state index contributed by atoms with van der Waals surface area (Å²) in [6, 6.07) is 0. The predicted molar refractivity (Wildman–Crippen MR) is 315 cm³/mol. The molecule has 73 heavy (non-hydrogen) atoms. The smallest absolute Gasteiger partial charge is 0.310 e. The molecule has 1 unspecified atom stereocenters. The zero-order chi connectivity index (χ0) is 52.9. The summed E-state index contributed by atoms with van der Waals surface area (Å²) in [5.74, 6) is -1.12. The first-order valence-corrected chi connectivity index (χ1v) is 29.0. The summed E-state index contributed by atoms with van der Waals surface area (Å²) < 4.78 is 16.7. The van der Waals surface area contributed by atoms with Crippen LogP contribution in [0.25, 0.3) is 0 Å². The number of carbonyl (C=O) groups excluding carboxylic acids is 3. The Morgan fingerprint density at radius 1 is 0.301 bits per heavy atom. The molecular formula is C67H104O6. The maximum Gasteiger partial charge on any atom is 0.310 e. The van der Waals surface area contributed by atoms with Crippen molar-refractivity contribution in [1.82, 2.24) is 0 Å². The Morgan fingerprint density at radius 2 is 0.575 bits per heavy atom. The average molecular weight is 1010 g/mol. The molecule has 0 aromatic heterocycles. The van der Waals surface area contributed by atoms with Crippen LogP contribution in [-0.2, 0) is 28.6 Å². The molecule has 0 N–H and O–H groups in total. The van der Waals surface area contributed by atoms with Crippen LogP contribution in [0.5, 0.6) is 0 Å². The highest BCUT2D eigenvalue weighted by Crippen LogP contribution is 2.14. The maximum absolute atomic E-state index is 12.8. The van der Waals surface area contributed by atoms with E-state index < -0.39 is 12.1 Å². The summed E-state index contributed by atoms with van der Waals surface area (Å²) in [6.45, 7) is 6.27. The molecule has 0 bridgehead atoms. The number of esters is 3. The average Bonchev–Trinajstić information content (AvgIpc) is 3.39. The molecule has 6 nitrogen and oxygen atoms in total. The number of allylic oxidation sites excluding steroid dienone is 25. The van der Waals surface area contributed by atoms with Crippen LogP contribution in [0.3, 0.4) is 0 Å². The molecule has 1 atom stereocenters. The minimum Gasteiger partial charge on any atom is -0.462 e. The Hall–Kier alpha value is -4.97. The van der Waals surface area contributed by atoms with Crippen molar-refractivity contribution in [2.45, 2.75) is 232 Å². The van der Waals surface area contributed by atoms with Gasteiger partial charge in [0.15, 0.2) is 6.10 Å². The number of hydrogen-bond acceptors (Lipinski definition) is 6. The topological polar surface area (TPSA) is 78.9 Å². The van der Waals surface area contributed by atoms with Crippen LogP contribution in [0.15, 0.2) is 158 Å². The van der Waals surface area contributed by atoms with E-state index in [1.54, 1.807) is 6.08 Å². The van der Waals surface area contributed by atoms with Crippen LogP contribution in [0.4, 0.5) is 0 Å². The molecule has 0 rings (SSSR count). The fraction of sp³-hybridized carbons (Fsp3) is 0.567. The molecule has 0 aliphatic heterocycles. The van der Waals surface area contributed by atoms with Crippen LogP contribution < -0.4 is 0 Å². The number of hydrogen-bond donors (Lipinski definition) is 0. The third kappa shape index (κ3) is 57.8. The molecule has 0 heterocycles. The van der Waals surface area contributed by atoms with Crippen LogP contribution >= 0.6 is 0 Å². The third-order valence-corrected chi connectivity index (χ3v) is 11.6. The van der Waals surface area contributed by atoms with Crippen LogP contribution in [-0.4, -0.2) is 37.2 Å². The lowest BCUT2D eigenvalue weighted by molar-refractivity contribution is -0.166. The molecule has 0 saturated heterocycles. The Labute approximate surface area is 448 Å². The first-order valence-electron chi connectivity index (χ1n) is 29.0. The van der Waals surface area contributed by atoms with Gasteiger partial charge in [0, 0.05) is 12.8 Å². The van der Waals surface area contributed by atoms with Gasteiger partial charge in [-0.05, 0) is 109 Å². The number of rotatable bonds is 50. The summed E-state index contributed by atoms with van der Waals surface area (Å²) in [4.78, 5) is 38.1. The van der Waals surface area contributed by atoms with Gasteiger partial charge in [0.2, 0.25) is 0 Å². The molecule has 0 aliphatic carbocycles. The van der Waals surface area contributed by atoms with Crippen molar-refractivity contribution in [1.29, 1.82) is 0 Å². The zero-order valence-electron chi connectivity index (χ0n) is 46.6. The molecule has 0 amide bonds. The molecule has 0 saturated carbocycles. The highest BCUT2D eigenvalue weighted by Gasteiger charge is 2.19. The molecule has 408 valence electrons. The van der Waals surface area contributed by atoms with E-state index in [2.05, 4.69) is 167 Å². The Bertz CT molecular complexity index is 1670. The fourth-order valence-electron chi connectivity index (χ4n) is 7.30. The molecule has 0 radical (unpaired) electrons. The number of ether oxygens (including phenoxy) is 3. The minimum absolute atomic E-state index is 0.0810. The zero-order valence-corrected chi connectivity index (χ0v) is 46.6. The van der Waals surface area contributed by atoms with Gasteiger partial charge in [0.25, 0.3) is 0 Å². The number of carbonyl (C=O) groups is 3. The van der Waals surface area contributed by atoms with Gasteiger partial charge >= 0.3 is 17.9 Å². The fourth-order valence-corrected chi connectivity index (χ4v) is 7.30. The second-order valence-electron chi connectivity index (χ2n) is 18.5. The minimum atomic E-state index is -0.856. The van der Waals surface area contributed by atoms with Crippen molar-refractivity contribution in [2.24, 2.45) is 0 Å². The Morgan fingerprint density at radius 3 is 0.904 bits per heavy atom. The Balaban J connectivity index is 4.52. The summed E-state index contributed by atoms with van der Waals surface area (Å²) >= 11 is 0. The molecule has 0 aromatic rings. The number of unbranched alkanes of at least 4 members (excludes halogenated alkanes) is 14. The summed E-state index contributed by atoms with van der Waals surface area (Å²) in [5.41, 5.74) is 0. The van der Waals surface area contributed by atoms with Crippen LogP contribution in [0.2, 0.25) is 0 Å². The van der Waals surface area contributed by atoms with Gasteiger partial charge in [0.05, 0.1) is 6.42 Å². The lowest BCUT2D eigenvalue weighted by Crippen LogP contribution is -2.30. The highest BCUT2D eigenvalue weighted by atomic mass is 16.6. The SMILES string of the molecule is CC/C=C\C/C=C\C/C=C\C/C=C\C/C=C\C/C=C\C/C=C\C/C=C\CCCCC(=O)OCC(COC(=O)CCCCCCCCCCCCCCC)OC(=O)C/C=C\C/C=C\C/C=C\C/C=C\C/C=C\CC. The Kier molecular flexibility index (Phi) is 55.5. The van der Waals surface area contributed by atoms with Crippen molar-refractivity contribution in [2.75, 3.05) is 13.2 Å². The maximum atomic E-state index is 12.8. The second kappa shape index (κ2) is 59.6. The van der Waals surface area contributed by atoms with Crippen molar-refractivity contribution in [3.8, 4) is 0 Å².